The number of ether oxygens (including phenoxy) is 2. The van der Waals surface area contributed by atoms with Crippen LogP contribution in [0.5, 0.6) is 11.5 Å². The van der Waals surface area contributed by atoms with Crippen molar-refractivity contribution in [1.82, 2.24) is 0 Å². The first-order valence-electron chi connectivity index (χ1n) is 7.73. The summed E-state index contributed by atoms with van der Waals surface area (Å²) < 4.78 is 37.8. The predicted molar refractivity (Wildman–Crippen MR) is 107 cm³/mol. The molecule has 146 valence electrons. The van der Waals surface area contributed by atoms with Gasteiger partial charge in [0.1, 0.15) is 4.21 Å². The number of carbonyl (C=O) groups is 1. The van der Waals surface area contributed by atoms with Crippen LogP contribution < -0.4 is 9.46 Å². The molecule has 0 fully saturated rings. The van der Waals surface area contributed by atoms with E-state index in [4.69, 9.17) is 9.47 Å². The van der Waals surface area contributed by atoms with Crippen molar-refractivity contribution in [3.05, 3.63) is 35.2 Å². The summed E-state index contributed by atoms with van der Waals surface area (Å²) in [4.78, 5) is 12.1. The number of thioether (sulfide) groups is 1. The average Bonchev–Trinajstić information content (AvgIpc) is 3.17. The number of phenols is 1. The second-order valence-corrected chi connectivity index (χ2v) is 8.72. The minimum atomic E-state index is -3.79. The number of phenolic OH excluding ortho intramolecular Hbond substituents is 1. The molecule has 0 unspecified atom stereocenters. The van der Waals surface area contributed by atoms with E-state index in [0.29, 0.717) is 4.90 Å². The van der Waals surface area contributed by atoms with Gasteiger partial charge in [-0.25, -0.2) is 13.2 Å². The Hall–Kier alpha value is -2.17. The summed E-state index contributed by atoms with van der Waals surface area (Å²) in [5.74, 6) is -0.714. The average molecular weight is 430 g/mol. The Morgan fingerprint density at radius 1 is 1.44 bits per heavy atom. The first kappa shape index (κ1) is 21.1. The molecule has 0 spiro atoms. The lowest BCUT2D eigenvalue weighted by atomic mass is 10.1. The summed E-state index contributed by atoms with van der Waals surface area (Å²) in [7, 11) is -2.44. The number of esters is 1. The number of sulfonamides is 1. The van der Waals surface area contributed by atoms with Gasteiger partial charge in [-0.1, -0.05) is 6.07 Å². The van der Waals surface area contributed by atoms with Crippen LogP contribution in [0.1, 0.15) is 12.5 Å². The highest BCUT2D eigenvalue weighted by molar-refractivity contribution is 7.99. The van der Waals surface area contributed by atoms with Crippen LogP contribution in [0.15, 0.2) is 38.8 Å². The van der Waals surface area contributed by atoms with E-state index in [9.17, 15) is 18.3 Å². The summed E-state index contributed by atoms with van der Waals surface area (Å²) in [6, 6.07) is 4.53. The highest BCUT2D eigenvalue weighted by Gasteiger charge is 2.22. The first-order valence-corrected chi connectivity index (χ1v) is 11.3. The Bertz CT molecular complexity index is 936. The Morgan fingerprint density at radius 3 is 2.74 bits per heavy atom. The molecule has 0 atom stereocenters. The van der Waals surface area contributed by atoms with Crippen LogP contribution >= 0.6 is 23.1 Å². The minimum absolute atomic E-state index is 0.0696. The van der Waals surface area contributed by atoms with Gasteiger partial charge < -0.3 is 14.6 Å². The molecule has 0 aliphatic carbocycles. The van der Waals surface area contributed by atoms with Crippen molar-refractivity contribution in [2.24, 2.45) is 0 Å². The van der Waals surface area contributed by atoms with Gasteiger partial charge in [0, 0.05) is 22.6 Å². The van der Waals surface area contributed by atoms with E-state index >= 15 is 0 Å². The molecule has 0 aliphatic rings. The molecule has 7 nitrogen and oxygen atoms in total. The smallest absolute Gasteiger partial charge is 0.330 e. The minimum Gasteiger partial charge on any atom is -0.504 e. The zero-order valence-electron chi connectivity index (χ0n) is 14.9. The number of carbonyl (C=O) groups excluding carboxylic acids is 1. The second kappa shape index (κ2) is 9.16. The zero-order valence-corrected chi connectivity index (χ0v) is 17.3. The summed E-state index contributed by atoms with van der Waals surface area (Å²) in [6.07, 6.45) is 4.26. The van der Waals surface area contributed by atoms with Gasteiger partial charge in [0.05, 0.1) is 19.4 Å². The molecule has 2 N–H and O–H groups in total. The predicted octanol–water partition coefficient (Wildman–Crippen LogP) is 3.56. The maximum Gasteiger partial charge on any atom is 0.330 e. The molecule has 0 radical (unpaired) electrons. The molecule has 2 aromatic rings. The van der Waals surface area contributed by atoms with Crippen LogP contribution in [0.2, 0.25) is 0 Å². The van der Waals surface area contributed by atoms with Gasteiger partial charge in [0.15, 0.2) is 11.5 Å². The number of nitrogens with one attached hydrogen (secondary N) is 1. The summed E-state index contributed by atoms with van der Waals surface area (Å²) in [5.41, 5.74) is 0.479. The van der Waals surface area contributed by atoms with E-state index in [-0.39, 0.29) is 33.6 Å². The number of hydrogen-bond donors (Lipinski definition) is 2. The lowest BCUT2D eigenvalue weighted by Crippen LogP contribution is -2.12. The molecule has 1 heterocycles. The molecular weight excluding hydrogens is 410 g/mol. The van der Waals surface area contributed by atoms with Gasteiger partial charge in [0.2, 0.25) is 0 Å². The fourth-order valence-electron chi connectivity index (χ4n) is 2.21. The molecule has 2 rings (SSSR count). The van der Waals surface area contributed by atoms with Gasteiger partial charge in [0.25, 0.3) is 10.0 Å². The van der Waals surface area contributed by atoms with Crippen molar-refractivity contribution in [3.63, 3.8) is 0 Å². The molecule has 0 saturated heterocycles. The number of anilines is 1. The lowest BCUT2D eigenvalue weighted by molar-refractivity contribution is -0.137. The fraction of sp³-hybridized carbons (Fsp3) is 0.235. The number of rotatable bonds is 8. The third-order valence-corrected chi connectivity index (χ3v) is 6.97. The van der Waals surface area contributed by atoms with Gasteiger partial charge in [-0.05, 0) is 30.7 Å². The van der Waals surface area contributed by atoms with E-state index in [2.05, 4.69) is 4.72 Å². The first-order chi connectivity index (χ1) is 12.8. The Balaban J connectivity index is 2.54. The summed E-state index contributed by atoms with van der Waals surface area (Å²) in [5, 5.41) is 12.1. The third-order valence-electron chi connectivity index (χ3n) is 3.35. The zero-order chi connectivity index (χ0) is 20.0. The Labute approximate surface area is 166 Å². The maximum absolute atomic E-state index is 12.6. The van der Waals surface area contributed by atoms with Crippen molar-refractivity contribution >= 4 is 50.9 Å². The largest absolute Gasteiger partial charge is 0.504 e. The Kier molecular flexibility index (Phi) is 7.17. The van der Waals surface area contributed by atoms with Gasteiger partial charge in [-0.3, -0.25) is 4.72 Å². The topological polar surface area (TPSA) is 102 Å². The SMILES string of the molecule is CCOC(=O)C=Cc1c(O)c(OC)cc(NS(=O)(=O)c2cccs2)c1SC. The van der Waals surface area contributed by atoms with Gasteiger partial charge >= 0.3 is 5.97 Å². The van der Waals surface area contributed by atoms with Crippen molar-refractivity contribution in [3.8, 4) is 11.5 Å². The number of aromatic hydroxyl groups is 1. The van der Waals surface area contributed by atoms with E-state index in [1.54, 1.807) is 24.6 Å². The molecular formula is C17H19NO6S3. The number of hydrogen-bond acceptors (Lipinski definition) is 8. The monoisotopic (exact) mass is 429 g/mol. The van der Waals surface area contributed by atoms with Crippen molar-refractivity contribution in [1.29, 1.82) is 0 Å². The van der Waals surface area contributed by atoms with Crippen LogP contribution in [0.3, 0.4) is 0 Å². The maximum atomic E-state index is 12.6. The molecule has 10 heteroatoms. The quantitative estimate of drug-likeness (QED) is 0.286. The molecule has 0 amide bonds. The van der Waals surface area contributed by atoms with Crippen LogP contribution in [0.25, 0.3) is 6.08 Å². The third kappa shape index (κ3) is 4.96. The van der Waals surface area contributed by atoms with Gasteiger partial charge in [-0.2, -0.15) is 0 Å². The summed E-state index contributed by atoms with van der Waals surface area (Å²) >= 11 is 2.30. The van der Waals surface area contributed by atoms with Gasteiger partial charge in [-0.15, -0.1) is 23.1 Å². The van der Waals surface area contributed by atoms with E-state index in [0.717, 1.165) is 17.4 Å². The fourth-order valence-corrected chi connectivity index (χ4v) is 5.04. The number of methoxy groups -OCH3 is 1. The van der Waals surface area contributed by atoms with Crippen molar-refractivity contribution in [2.75, 3.05) is 24.7 Å². The normalized spacial score (nSPS) is 11.5. The van der Waals surface area contributed by atoms with Crippen LogP contribution in [-0.4, -0.2) is 39.5 Å². The number of benzene rings is 1. The van der Waals surface area contributed by atoms with Crippen molar-refractivity contribution in [2.45, 2.75) is 16.0 Å². The van der Waals surface area contributed by atoms with Crippen LogP contribution in [-0.2, 0) is 19.6 Å². The molecule has 1 aromatic heterocycles. The summed E-state index contributed by atoms with van der Waals surface area (Å²) in [6.45, 7) is 1.90. The van der Waals surface area contributed by atoms with Crippen LogP contribution in [0.4, 0.5) is 5.69 Å². The second-order valence-electron chi connectivity index (χ2n) is 5.04. The van der Waals surface area contributed by atoms with E-state index in [1.807, 2.05) is 0 Å². The highest BCUT2D eigenvalue weighted by Crippen LogP contribution is 2.43. The van der Waals surface area contributed by atoms with Crippen LogP contribution in [0, 0.1) is 0 Å². The molecule has 1 aromatic carbocycles. The molecule has 0 aliphatic heterocycles. The van der Waals surface area contributed by atoms with Crippen molar-refractivity contribution < 1.29 is 27.8 Å². The van der Waals surface area contributed by atoms with E-state index < -0.39 is 16.0 Å². The molecule has 27 heavy (non-hydrogen) atoms. The lowest BCUT2D eigenvalue weighted by Gasteiger charge is -2.16. The molecule has 0 saturated carbocycles. The Morgan fingerprint density at radius 2 is 2.19 bits per heavy atom. The molecule has 0 bridgehead atoms. The van der Waals surface area contributed by atoms with E-state index in [1.165, 1.54) is 37.1 Å². The highest BCUT2D eigenvalue weighted by atomic mass is 32.2. The standard InChI is InChI=1S/C17H19NO6S3/c1-4-24-14(19)8-7-11-16(20)13(23-2)10-12(17(11)25-3)18-27(21,22)15-6-5-9-26-15/h5-10,18,20H,4H2,1-3H3. The number of thiophene rings is 1.